The minimum Gasteiger partial charge on any atom is -0.389 e. The molecule has 0 aliphatic carbocycles. The molecule has 0 unspecified atom stereocenters. The molecule has 0 atom stereocenters. The van der Waals surface area contributed by atoms with Gasteiger partial charge in [-0.1, -0.05) is 6.92 Å². The lowest BCUT2D eigenvalue weighted by Crippen LogP contribution is -2.42. The summed E-state index contributed by atoms with van der Waals surface area (Å²) in [4.78, 5) is 10.1. The number of nitro benzene ring substituents is 1. The summed E-state index contributed by atoms with van der Waals surface area (Å²) in [6.45, 7) is 6.37. The van der Waals surface area contributed by atoms with Gasteiger partial charge in [-0.3, -0.25) is 10.1 Å². The van der Waals surface area contributed by atoms with Crippen LogP contribution in [0.3, 0.4) is 0 Å². The highest BCUT2D eigenvalue weighted by atomic mass is 32.2. The fraction of sp³-hybridized carbons (Fsp3) is 0.538. The minimum absolute atomic E-state index is 0.0131. The third-order valence-electron chi connectivity index (χ3n) is 2.90. The van der Waals surface area contributed by atoms with Crippen LogP contribution in [0.1, 0.15) is 26.3 Å². The summed E-state index contributed by atoms with van der Waals surface area (Å²) in [5, 5.41) is 20.5. The Balaban J connectivity index is 3.26. The van der Waals surface area contributed by atoms with Crippen LogP contribution < -0.4 is 0 Å². The van der Waals surface area contributed by atoms with Crippen molar-refractivity contribution in [1.82, 2.24) is 4.31 Å². The molecule has 1 aromatic carbocycles. The Bertz CT molecular complexity index is 634. The average Bonchev–Trinajstić information content (AvgIpc) is 2.34. The first-order chi connectivity index (χ1) is 9.49. The van der Waals surface area contributed by atoms with Crippen molar-refractivity contribution in [3.05, 3.63) is 33.9 Å². The molecule has 21 heavy (non-hydrogen) atoms. The van der Waals surface area contributed by atoms with Crippen molar-refractivity contribution in [3.63, 3.8) is 0 Å². The first-order valence-electron chi connectivity index (χ1n) is 6.46. The molecule has 0 aliphatic heterocycles. The molecule has 0 saturated heterocycles. The van der Waals surface area contributed by atoms with Crippen LogP contribution in [0, 0.1) is 17.0 Å². The molecule has 8 heteroatoms. The van der Waals surface area contributed by atoms with Crippen LogP contribution in [0.5, 0.6) is 0 Å². The molecule has 0 heterocycles. The molecule has 0 saturated carbocycles. The second-order valence-electron chi connectivity index (χ2n) is 5.45. The lowest BCUT2D eigenvalue weighted by atomic mass is 10.1. The van der Waals surface area contributed by atoms with Gasteiger partial charge in [0.15, 0.2) is 0 Å². The lowest BCUT2D eigenvalue weighted by Gasteiger charge is -2.27. The standard InChI is InChI=1S/C13H20N2O5S/c1-5-14(9-13(3,4)16)21(19,20)12-7-6-11(15(17)18)8-10(12)2/h6-8,16H,5,9H2,1-4H3. The van der Waals surface area contributed by atoms with Crippen LogP contribution in [-0.4, -0.2) is 41.4 Å². The maximum atomic E-state index is 12.6. The van der Waals surface area contributed by atoms with Crippen molar-refractivity contribution >= 4 is 15.7 Å². The van der Waals surface area contributed by atoms with Crippen LogP contribution >= 0.6 is 0 Å². The van der Waals surface area contributed by atoms with E-state index in [1.54, 1.807) is 6.92 Å². The summed E-state index contributed by atoms with van der Waals surface area (Å²) in [6, 6.07) is 3.62. The number of rotatable bonds is 6. The highest BCUT2D eigenvalue weighted by Gasteiger charge is 2.30. The minimum atomic E-state index is -3.81. The third-order valence-corrected chi connectivity index (χ3v) is 4.98. The molecule has 1 aromatic rings. The van der Waals surface area contributed by atoms with E-state index in [0.717, 1.165) is 10.4 Å². The van der Waals surface area contributed by atoms with Crippen molar-refractivity contribution in [2.75, 3.05) is 13.1 Å². The summed E-state index contributed by atoms with van der Waals surface area (Å²) in [5.74, 6) is 0. The fourth-order valence-electron chi connectivity index (χ4n) is 1.97. The predicted octanol–water partition coefficient (Wildman–Crippen LogP) is 1.68. The van der Waals surface area contributed by atoms with E-state index in [4.69, 9.17) is 0 Å². The quantitative estimate of drug-likeness (QED) is 0.635. The van der Waals surface area contributed by atoms with Gasteiger partial charge in [0.25, 0.3) is 5.69 Å². The molecule has 7 nitrogen and oxygen atoms in total. The largest absolute Gasteiger partial charge is 0.389 e. The molecule has 0 aromatic heterocycles. The zero-order chi connectivity index (χ0) is 16.4. The third kappa shape index (κ3) is 4.23. The van der Waals surface area contributed by atoms with E-state index in [1.807, 2.05) is 0 Å². The van der Waals surface area contributed by atoms with Crippen LogP contribution in [0.15, 0.2) is 23.1 Å². The first-order valence-corrected chi connectivity index (χ1v) is 7.90. The maximum Gasteiger partial charge on any atom is 0.269 e. The smallest absolute Gasteiger partial charge is 0.269 e. The van der Waals surface area contributed by atoms with Crippen molar-refractivity contribution in [2.24, 2.45) is 0 Å². The zero-order valence-electron chi connectivity index (χ0n) is 12.5. The molecule has 0 radical (unpaired) electrons. The Kier molecular flexibility index (Phi) is 5.08. The normalized spacial score (nSPS) is 12.7. The number of nitrogens with zero attached hydrogens (tertiary/aromatic N) is 2. The average molecular weight is 316 g/mol. The van der Waals surface area contributed by atoms with Gasteiger partial charge in [0.2, 0.25) is 10.0 Å². The van der Waals surface area contributed by atoms with Gasteiger partial charge in [-0.15, -0.1) is 0 Å². The fourth-order valence-corrected chi connectivity index (χ4v) is 3.78. The van der Waals surface area contributed by atoms with Crippen molar-refractivity contribution in [2.45, 2.75) is 38.2 Å². The topological polar surface area (TPSA) is 101 Å². The number of hydrogen-bond acceptors (Lipinski definition) is 5. The summed E-state index contributed by atoms with van der Waals surface area (Å²) in [7, 11) is -3.81. The number of hydrogen-bond donors (Lipinski definition) is 1. The molecular formula is C13H20N2O5S. The SMILES string of the molecule is CCN(CC(C)(C)O)S(=O)(=O)c1ccc([N+](=O)[O-])cc1C. The maximum absolute atomic E-state index is 12.6. The van der Waals surface area contributed by atoms with E-state index in [-0.39, 0.29) is 23.7 Å². The van der Waals surface area contributed by atoms with Crippen LogP contribution in [0.4, 0.5) is 5.69 Å². The van der Waals surface area contributed by atoms with Gasteiger partial charge in [0.1, 0.15) is 0 Å². The first kappa shape index (κ1) is 17.5. The Labute approximate surface area is 124 Å². The molecule has 0 bridgehead atoms. The van der Waals surface area contributed by atoms with Gasteiger partial charge in [0, 0.05) is 25.2 Å². The zero-order valence-corrected chi connectivity index (χ0v) is 13.3. The Morgan fingerprint density at radius 1 is 1.38 bits per heavy atom. The number of non-ortho nitro benzene ring substituents is 1. The van der Waals surface area contributed by atoms with E-state index in [2.05, 4.69) is 0 Å². The van der Waals surface area contributed by atoms with E-state index < -0.39 is 20.5 Å². The van der Waals surface area contributed by atoms with Gasteiger partial charge < -0.3 is 5.11 Å². The second kappa shape index (κ2) is 6.08. The van der Waals surface area contributed by atoms with Crippen LogP contribution in [0.2, 0.25) is 0 Å². The molecule has 1 rings (SSSR count). The molecule has 1 N–H and O–H groups in total. The Morgan fingerprint density at radius 3 is 2.33 bits per heavy atom. The van der Waals surface area contributed by atoms with E-state index >= 15 is 0 Å². The van der Waals surface area contributed by atoms with Gasteiger partial charge >= 0.3 is 0 Å². The molecule has 0 fully saturated rings. The van der Waals surface area contributed by atoms with Crippen LogP contribution in [0.25, 0.3) is 0 Å². The molecule has 118 valence electrons. The Hall–Kier alpha value is -1.51. The second-order valence-corrected chi connectivity index (χ2v) is 7.36. The number of nitro groups is 1. The number of aliphatic hydroxyl groups is 1. The van der Waals surface area contributed by atoms with Crippen molar-refractivity contribution in [3.8, 4) is 0 Å². The lowest BCUT2D eigenvalue weighted by molar-refractivity contribution is -0.385. The molecule has 0 aliphatic rings. The number of likely N-dealkylation sites (N-methyl/N-ethyl adjacent to an activating group) is 1. The number of aryl methyl sites for hydroxylation is 1. The Morgan fingerprint density at radius 2 is 1.95 bits per heavy atom. The molecule has 0 spiro atoms. The van der Waals surface area contributed by atoms with Gasteiger partial charge in [-0.25, -0.2) is 8.42 Å². The van der Waals surface area contributed by atoms with Gasteiger partial charge in [-0.05, 0) is 32.4 Å². The monoisotopic (exact) mass is 316 g/mol. The van der Waals surface area contributed by atoms with Gasteiger partial charge in [0.05, 0.1) is 15.4 Å². The summed E-state index contributed by atoms with van der Waals surface area (Å²) in [6.07, 6.45) is 0. The molecule has 0 amide bonds. The number of sulfonamides is 1. The molecular weight excluding hydrogens is 296 g/mol. The van der Waals surface area contributed by atoms with E-state index in [9.17, 15) is 23.6 Å². The van der Waals surface area contributed by atoms with Crippen molar-refractivity contribution < 1.29 is 18.4 Å². The van der Waals surface area contributed by atoms with Crippen LogP contribution in [-0.2, 0) is 10.0 Å². The predicted molar refractivity (Wildman–Crippen MR) is 78.6 cm³/mol. The highest BCUT2D eigenvalue weighted by molar-refractivity contribution is 7.89. The summed E-state index contributed by atoms with van der Waals surface area (Å²) >= 11 is 0. The highest BCUT2D eigenvalue weighted by Crippen LogP contribution is 2.25. The van der Waals surface area contributed by atoms with Crippen molar-refractivity contribution in [1.29, 1.82) is 0 Å². The van der Waals surface area contributed by atoms with Gasteiger partial charge in [-0.2, -0.15) is 4.31 Å². The number of benzene rings is 1. The van der Waals surface area contributed by atoms with E-state index in [1.165, 1.54) is 32.9 Å². The van der Waals surface area contributed by atoms with E-state index in [0.29, 0.717) is 5.56 Å². The summed E-state index contributed by atoms with van der Waals surface area (Å²) in [5.41, 5.74) is -1.02. The summed E-state index contributed by atoms with van der Waals surface area (Å²) < 4.78 is 26.3.